The standard InChI is InChI=1S/C19H18N2OS/c1-13(2)15-10-8-14(9-11-15)12-17-18(22)21(19(23)20-17)16-6-4-3-5-7-16/h3-13H,1-2H3,(H,20,23)/b17-12-. The predicted molar refractivity (Wildman–Crippen MR) is 98.2 cm³/mol. The number of amides is 1. The average Bonchev–Trinajstić information content (AvgIpc) is 2.82. The van der Waals surface area contributed by atoms with Gasteiger partial charge in [-0.3, -0.25) is 9.69 Å². The lowest BCUT2D eigenvalue weighted by Crippen LogP contribution is -2.30. The molecule has 4 heteroatoms. The molecule has 0 atom stereocenters. The van der Waals surface area contributed by atoms with Gasteiger partial charge in [0, 0.05) is 0 Å². The Kier molecular flexibility index (Phi) is 4.26. The summed E-state index contributed by atoms with van der Waals surface area (Å²) >= 11 is 5.30. The molecule has 3 nitrogen and oxygen atoms in total. The molecule has 0 aromatic heterocycles. The third-order valence-electron chi connectivity index (χ3n) is 3.81. The highest BCUT2D eigenvalue weighted by Gasteiger charge is 2.31. The number of hydrogen-bond donors (Lipinski definition) is 1. The average molecular weight is 322 g/mol. The molecule has 0 bridgehead atoms. The van der Waals surface area contributed by atoms with Crippen molar-refractivity contribution in [2.45, 2.75) is 19.8 Å². The fourth-order valence-electron chi connectivity index (χ4n) is 2.49. The Balaban J connectivity index is 1.87. The van der Waals surface area contributed by atoms with Gasteiger partial charge >= 0.3 is 0 Å². The van der Waals surface area contributed by atoms with Crippen molar-refractivity contribution >= 4 is 35.0 Å². The summed E-state index contributed by atoms with van der Waals surface area (Å²) in [4.78, 5) is 14.1. The van der Waals surface area contributed by atoms with Gasteiger partial charge < -0.3 is 5.32 Å². The molecule has 1 heterocycles. The first-order valence-corrected chi connectivity index (χ1v) is 7.99. The molecule has 1 N–H and O–H groups in total. The van der Waals surface area contributed by atoms with Gasteiger partial charge in [-0.25, -0.2) is 0 Å². The molecule has 1 aliphatic rings. The van der Waals surface area contributed by atoms with Crippen molar-refractivity contribution in [1.29, 1.82) is 0 Å². The monoisotopic (exact) mass is 322 g/mol. The van der Waals surface area contributed by atoms with Gasteiger partial charge in [0.2, 0.25) is 0 Å². The van der Waals surface area contributed by atoms with Gasteiger partial charge in [-0.05, 0) is 47.5 Å². The Morgan fingerprint density at radius 2 is 1.70 bits per heavy atom. The van der Waals surface area contributed by atoms with E-state index in [1.807, 2.05) is 48.5 Å². The zero-order valence-electron chi connectivity index (χ0n) is 13.1. The van der Waals surface area contributed by atoms with Crippen LogP contribution in [-0.4, -0.2) is 11.0 Å². The molecule has 1 aliphatic heterocycles. The number of nitrogens with zero attached hydrogens (tertiary/aromatic N) is 1. The van der Waals surface area contributed by atoms with E-state index in [4.69, 9.17) is 12.2 Å². The minimum atomic E-state index is -0.130. The zero-order chi connectivity index (χ0) is 16.4. The molecular weight excluding hydrogens is 304 g/mol. The van der Waals surface area contributed by atoms with Gasteiger partial charge in [0.25, 0.3) is 5.91 Å². The number of carbonyl (C=O) groups excluding carboxylic acids is 1. The SMILES string of the molecule is CC(C)c1ccc(/C=C2\NC(=S)N(c3ccccc3)C2=O)cc1. The van der Waals surface area contributed by atoms with Crippen molar-refractivity contribution in [2.24, 2.45) is 0 Å². The lowest BCUT2D eigenvalue weighted by molar-refractivity contribution is -0.113. The third-order valence-corrected chi connectivity index (χ3v) is 4.09. The van der Waals surface area contributed by atoms with E-state index in [9.17, 15) is 4.79 Å². The molecule has 116 valence electrons. The number of carbonyl (C=O) groups is 1. The fourth-order valence-corrected chi connectivity index (χ4v) is 2.79. The molecule has 0 unspecified atom stereocenters. The van der Waals surface area contributed by atoms with Crippen LogP contribution in [0.5, 0.6) is 0 Å². The second kappa shape index (κ2) is 6.34. The van der Waals surface area contributed by atoms with Crippen LogP contribution in [0.25, 0.3) is 6.08 Å². The smallest absolute Gasteiger partial charge is 0.281 e. The molecule has 3 rings (SSSR count). The van der Waals surface area contributed by atoms with Crippen LogP contribution >= 0.6 is 12.2 Å². The fraction of sp³-hybridized carbons (Fsp3) is 0.158. The van der Waals surface area contributed by atoms with Crippen molar-refractivity contribution in [3.8, 4) is 0 Å². The molecule has 2 aromatic rings. The summed E-state index contributed by atoms with van der Waals surface area (Å²) in [5.41, 5.74) is 3.52. The van der Waals surface area contributed by atoms with Crippen LogP contribution in [0, 0.1) is 0 Å². The predicted octanol–water partition coefficient (Wildman–Crippen LogP) is 4.07. The van der Waals surface area contributed by atoms with Crippen LogP contribution in [0.2, 0.25) is 0 Å². The Labute approximate surface area is 141 Å². The van der Waals surface area contributed by atoms with Crippen LogP contribution in [-0.2, 0) is 4.79 Å². The lowest BCUT2D eigenvalue weighted by Gasteiger charge is -2.13. The minimum Gasteiger partial charge on any atom is -0.327 e. The molecule has 1 fully saturated rings. The maximum atomic E-state index is 12.6. The highest BCUT2D eigenvalue weighted by Crippen LogP contribution is 2.22. The summed E-state index contributed by atoms with van der Waals surface area (Å²) in [6.45, 7) is 4.32. The van der Waals surface area contributed by atoms with Crippen LogP contribution in [0.1, 0.15) is 30.9 Å². The van der Waals surface area contributed by atoms with E-state index in [1.54, 1.807) is 0 Å². The van der Waals surface area contributed by atoms with E-state index in [1.165, 1.54) is 10.5 Å². The molecule has 1 amide bonds. The van der Waals surface area contributed by atoms with Crippen LogP contribution in [0.3, 0.4) is 0 Å². The van der Waals surface area contributed by atoms with Crippen LogP contribution in [0.15, 0.2) is 60.3 Å². The largest absolute Gasteiger partial charge is 0.327 e. The molecular formula is C19H18N2OS. The number of rotatable bonds is 3. The Morgan fingerprint density at radius 3 is 2.30 bits per heavy atom. The zero-order valence-corrected chi connectivity index (χ0v) is 13.9. The first-order valence-electron chi connectivity index (χ1n) is 7.58. The summed E-state index contributed by atoms with van der Waals surface area (Å²) in [7, 11) is 0. The van der Waals surface area contributed by atoms with Gasteiger partial charge in [0.05, 0.1) is 5.69 Å². The van der Waals surface area contributed by atoms with Crippen molar-refractivity contribution in [3.05, 3.63) is 71.4 Å². The van der Waals surface area contributed by atoms with Crippen LogP contribution < -0.4 is 10.2 Å². The topological polar surface area (TPSA) is 32.3 Å². The second-order valence-corrected chi connectivity index (χ2v) is 6.17. The van der Waals surface area contributed by atoms with Crippen molar-refractivity contribution < 1.29 is 4.79 Å². The maximum Gasteiger partial charge on any atom is 0.281 e. The minimum absolute atomic E-state index is 0.130. The van der Waals surface area contributed by atoms with Gasteiger partial charge in [0.15, 0.2) is 5.11 Å². The highest BCUT2D eigenvalue weighted by molar-refractivity contribution is 7.80. The van der Waals surface area contributed by atoms with Crippen molar-refractivity contribution in [1.82, 2.24) is 5.32 Å². The summed E-state index contributed by atoms with van der Waals surface area (Å²) in [6.07, 6.45) is 1.84. The van der Waals surface area contributed by atoms with Crippen molar-refractivity contribution in [2.75, 3.05) is 4.90 Å². The molecule has 0 saturated carbocycles. The molecule has 23 heavy (non-hydrogen) atoms. The molecule has 0 aliphatic carbocycles. The van der Waals surface area contributed by atoms with Crippen molar-refractivity contribution in [3.63, 3.8) is 0 Å². The second-order valence-electron chi connectivity index (χ2n) is 5.79. The van der Waals surface area contributed by atoms with E-state index < -0.39 is 0 Å². The van der Waals surface area contributed by atoms with E-state index >= 15 is 0 Å². The summed E-state index contributed by atoms with van der Waals surface area (Å²) in [6, 6.07) is 17.6. The van der Waals surface area contributed by atoms with E-state index in [0.717, 1.165) is 11.3 Å². The molecule has 2 aromatic carbocycles. The number of benzene rings is 2. The molecule has 0 spiro atoms. The molecule has 1 saturated heterocycles. The molecule has 0 radical (unpaired) electrons. The number of para-hydroxylation sites is 1. The normalized spacial score (nSPS) is 16.3. The lowest BCUT2D eigenvalue weighted by atomic mass is 10.0. The maximum absolute atomic E-state index is 12.6. The van der Waals surface area contributed by atoms with Gasteiger partial charge in [-0.1, -0.05) is 56.3 Å². The van der Waals surface area contributed by atoms with E-state index in [-0.39, 0.29) is 5.91 Å². The Bertz CT molecular complexity index is 764. The Hall–Kier alpha value is -2.46. The quantitative estimate of drug-likeness (QED) is 0.683. The number of anilines is 1. The number of thiocarbonyl (C=S) groups is 1. The van der Waals surface area contributed by atoms with Gasteiger partial charge in [0.1, 0.15) is 5.70 Å². The first kappa shape index (κ1) is 15.4. The number of hydrogen-bond acceptors (Lipinski definition) is 2. The van der Waals surface area contributed by atoms with E-state index in [0.29, 0.717) is 16.7 Å². The first-order chi connectivity index (χ1) is 11.1. The summed E-state index contributed by atoms with van der Waals surface area (Å²) in [5, 5.41) is 3.42. The summed E-state index contributed by atoms with van der Waals surface area (Å²) in [5.74, 6) is 0.359. The Morgan fingerprint density at radius 1 is 1.04 bits per heavy atom. The van der Waals surface area contributed by atoms with Crippen LogP contribution in [0.4, 0.5) is 5.69 Å². The summed E-state index contributed by atoms with van der Waals surface area (Å²) < 4.78 is 0. The van der Waals surface area contributed by atoms with E-state index in [2.05, 4.69) is 31.3 Å². The van der Waals surface area contributed by atoms with Gasteiger partial charge in [-0.15, -0.1) is 0 Å². The number of nitrogens with one attached hydrogen (secondary N) is 1. The highest BCUT2D eigenvalue weighted by atomic mass is 32.1. The third kappa shape index (κ3) is 3.17. The van der Waals surface area contributed by atoms with Gasteiger partial charge in [-0.2, -0.15) is 0 Å².